The maximum Gasteiger partial charge on any atom is 0.274 e. The summed E-state index contributed by atoms with van der Waals surface area (Å²) in [4.78, 5) is 15.6. The molecule has 3 rings (SSSR count). The van der Waals surface area contributed by atoms with Crippen LogP contribution >= 0.6 is 11.3 Å². The van der Waals surface area contributed by atoms with E-state index in [9.17, 15) is 4.79 Å². The van der Waals surface area contributed by atoms with Crippen LogP contribution in [0.1, 0.15) is 30.3 Å². The van der Waals surface area contributed by atoms with E-state index in [-0.39, 0.29) is 11.9 Å². The van der Waals surface area contributed by atoms with Gasteiger partial charge in [0, 0.05) is 26.2 Å². The van der Waals surface area contributed by atoms with Crippen molar-refractivity contribution in [3.8, 4) is 10.6 Å². The van der Waals surface area contributed by atoms with E-state index in [1.807, 2.05) is 35.5 Å². The molecule has 0 radical (unpaired) electrons. The van der Waals surface area contributed by atoms with Gasteiger partial charge in [-0.25, -0.2) is 0 Å². The molecule has 1 saturated heterocycles. The second kappa shape index (κ2) is 6.22. The monoisotopic (exact) mass is 318 g/mol. The van der Waals surface area contributed by atoms with Gasteiger partial charge >= 0.3 is 0 Å². The van der Waals surface area contributed by atoms with E-state index < -0.39 is 0 Å². The molecule has 0 spiro atoms. The molecular formula is C16H22N4OS. The number of hydrogen-bond acceptors (Lipinski definition) is 4. The number of carbonyl (C=O) groups excluding carboxylic acids is 1. The topological polar surface area (TPSA) is 64.2 Å². The SMILES string of the molecule is CCC[C@H]1CN(C(=O)c2cc(-c3cccs3)n(C)n2)C[C@@H]1N. The lowest BCUT2D eigenvalue weighted by Gasteiger charge is -2.14. The maximum atomic E-state index is 12.7. The van der Waals surface area contributed by atoms with Gasteiger partial charge in [-0.2, -0.15) is 5.10 Å². The molecule has 0 unspecified atom stereocenters. The van der Waals surface area contributed by atoms with Gasteiger partial charge in [0.2, 0.25) is 0 Å². The molecule has 0 bridgehead atoms. The van der Waals surface area contributed by atoms with Gasteiger partial charge in [0.25, 0.3) is 5.91 Å². The van der Waals surface area contributed by atoms with Crippen LogP contribution in [0.3, 0.4) is 0 Å². The van der Waals surface area contributed by atoms with Crippen molar-refractivity contribution in [2.24, 2.45) is 18.7 Å². The minimum Gasteiger partial charge on any atom is -0.335 e. The molecule has 2 aromatic heterocycles. The second-order valence-corrected chi connectivity index (χ2v) is 6.89. The quantitative estimate of drug-likeness (QED) is 0.941. The van der Waals surface area contributed by atoms with E-state index in [1.165, 1.54) is 0 Å². The van der Waals surface area contributed by atoms with Crippen LogP contribution in [0.2, 0.25) is 0 Å². The van der Waals surface area contributed by atoms with Crippen LogP contribution in [0.25, 0.3) is 10.6 Å². The zero-order valence-corrected chi connectivity index (χ0v) is 13.8. The average Bonchev–Trinajstić information content (AvgIpc) is 3.19. The van der Waals surface area contributed by atoms with Crippen molar-refractivity contribution in [2.45, 2.75) is 25.8 Å². The van der Waals surface area contributed by atoms with Crippen molar-refractivity contribution in [3.63, 3.8) is 0 Å². The zero-order valence-electron chi connectivity index (χ0n) is 13.0. The predicted molar refractivity (Wildman–Crippen MR) is 88.8 cm³/mol. The van der Waals surface area contributed by atoms with Crippen molar-refractivity contribution in [1.82, 2.24) is 14.7 Å². The van der Waals surface area contributed by atoms with Crippen molar-refractivity contribution >= 4 is 17.2 Å². The Balaban J connectivity index is 1.78. The summed E-state index contributed by atoms with van der Waals surface area (Å²) in [5.41, 5.74) is 7.65. The van der Waals surface area contributed by atoms with E-state index in [0.717, 1.165) is 30.0 Å². The normalized spacial score (nSPS) is 21.5. The maximum absolute atomic E-state index is 12.7. The Morgan fingerprint density at radius 2 is 2.32 bits per heavy atom. The lowest BCUT2D eigenvalue weighted by atomic mass is 9.99. The van der Waals surface area contributed by atoms with E-state index >= 15 is 0 Å². The van der Waals surface area contributed by atoms with Crippen LogP contribution in [0.15, 0.2) is 23.6 Å². The molecule has 0 saturated carbocycles. The summed E-state index contributed by atoms with van der Waals surface area (Å²) >= 11 is 1.65. The Bertz CT molecular complexity index is 649. The molecule has 22 heavy (non-hydrogen) atoms. The highest BCUT2D eigenvalue weighted by atomic mass is 32.1. The summed E-state index contributed by atoms with van der Waals surface area (Å²) in [7, 11) is 1.88. The number of nitrogens with two attached hydrogens (primary N) is 1. The fourth-order valence-corrected chi connectivity index (χ4v) is 3.90. The van der Waals surface area contributed by atoms with E-state index in [2.05, 4.69) is 12.0 Å². The Morgan fingerprint density at radius 1 is 1.50 bits per heavy atom. The summed E-state index contributed by atoms with van der Waals surface area (Å²) < 4.78 is 1.78. The molecule has 6 heteroatoms. The van der Waals surface area contributed by atoms with Gasteiger partial charge in [-0.15, -0.1) is 11.3 Å². The number of likely N-dealkylation sites (tertiary alicyclic amines) is 1. The average molecular weight is 318 g/mol. The predicted octanol–water partition coefficient (Wildman–Crippen LogP) is 2.35. The highest BCUT2D eigenvalue weighted by molar-refractivity contribution is 7.13. The highest BCUT2D eigenvalue weighted by Crippen LogP contribution is 2.26. The second-order valence-electron chi connectivity index (χ2n) is 5.94. The standard InChI is InChI=1S/C16H22N4OS/c1-3-5-11-9-20(10-12(11)17)16(21)13-8-14(19(2)18-13)15-6-4-7-22-15/h4,6-8,11-12H,3,5,9-10,17H2,1-2H3/t11-,12-/m0/s1. The molecule has 118 valence electrons. The molecule has 3 heterocycles. The molecule has 1 aliphatic rings. The number of carbonyl (C=O) groups is 1. The van der Waals surface area contributed by atoms with E-state index in [0.29, 0.717) is 18.2 Å². The first-order chi connectivity index (χ1) is 10.6. The minimum atomic E-state index is -0.00698. The smallest absolute Gasteiger partial charge is 0.274 e. The van der Waals surface area contributed by atoms with Gasteiger partial charge in [-0.1, -0.05) is 19.4 Å². The van der Waals surface area contributed by atoms with Gasteiger partial charge in [0.15, 0.2) is 5.69 Å². The third-order valence-corrected chi connectivity index (χ3v) is 5.20. The third-order valence-electron chi connectivity index (χ3n) is 4.31. The summed E-state index contributed by atoms with van der Waals surface area (Å²) in [5, 5.41) is 6.42. The first-order valence-electron chi connectivity index (χ1n) is 7.73. The highest BCUT2D eigenvalue weighted by Gasteiger charge is 2.33. The number of amides is 1. The Labute approximate surface area is 134 Å². The number of nitrogens with zero attached hydrogens (tertiary/aromatic N) is 3. The van der Waals surface area contributed by atoms with Crippen molar-refractivity contribution < 1.29 is 4.79 Å². The van der Waals surface area contributed by atoms with E-state index in [1.54, 1.807) is 16.0 Å². The molecule has 0 aliphatic carbocycles. The molecule has 2 atom stereocenters. The number of aromatic nitrogens is 2. The molecular weight excluding hydrogens is 296 g/mol. The van der Waals surface area contributed by atoms with Gasteiger partial charge in [0.1, 0.15) is 0 Å². The third kappa shape index (κ3) is 2.80. The Kier molecular flexibility index (Phi) is 4.31. The summed E-state index contributed by atoms with van der Waals surface area (Å²) in [6, 6.07) is 6.01. The lowest BCUT2D eigenvalue weighted by Crippen LogP contribution is -2.32. The van der Waals surface area contributed by atoms with Crippen LogP contribution in [-0.2, 0) is 7.05 Å². The molecule has 5 nitrogen and oxygen atoms in total. The van der Waals surface area contributed by atoms with Crippen LogP contribution in [0.5, 0.6) is 0 Å². The molecule has 2 N–H and O–H groups in total. The fourth-order valence-electron chi connectivity index (χ4n) is 3.13. The first-order valence-corrected chi connectivity index (χ1v) is 8.61. The molecule has 1 amide bonds. The number of aryl methyl sites for hydroxylation is 1. The number of hydrogen-bond donors (Lipinski definition) is 1. The first kappa shape index (κ1) is 15.2. The van der Waals surface area contributed by atoms with Gasteiger partial charge in [-0.05, 0) is 29.9 Å². The summed E-state index contributed by atoms with van der Waals surface area (Å²) in [6.07, 6.45) is 2.18. The largest absolute Gasteiger partial charge is 0.335 e. The van der Waals surface area contributed by atoms with Gasteiger partial charge < -0.3 is 10.6 Å². The molecule has 1 aliphatic heterocycles. The van der Waals surface area contributed by atoms with Crippen LogP contribution in [0.4, 0.5) is 0 Å². The number of rotatable bonds is 4. The summed E-state index contributed by atoms with van der Waals surface area (Å²) in [6.45, 7) is 3.54. The van der Waals surface area contributed by atoms with E-state index in [4.69, 9.17) is 5.73 Å². The lowest BCUT2D eigenvalue weighted by molar-refractivity contribution is 0.0779. The Morgan fingerprint density at radius 3 is 3.00 bits per heavy atom. The van der Waals surface area contributed by atoms with Crippen molar-refractivity contribution in [3.05, 3.63) is 29.3 Å². The van der Waals surface area contributed by atoms with Crippen LogP contribution in [-0.4, -0.2) is 39.7 Å². The molecule has 2 aromatic rings. The summed E-state index contributed by atoms with van der Waals surface area (Å²) in [5.74, 6) is 0.405. The zero-order chi connectivity index (χ0) is 15.7. The van der Waals surface area contributed by atoms with Gasteiger partial charge in [-0.3, -0.25) is 9.48 Å². The van der Waals surface area contributed by atoms with Crippen molar-refractivity contribution in [2.75, 3.05) is 13.1 Å². The number of thiophene rings is 1. The van der Waals surface area contributed by atoms with Crippen LogP contribution < -0.4 is 5.73 Å². The fraction of sp³-hybridized carbons (Fsp3) is 0.500. The Hall–Kier alpha value is -1.66. The van der Waals surface area contributed by atoms with Crippen molar-refractivity contribution in [1.29, 1.82) is 0 Å². The van der Waals surface area contributed by atoms with Gasteiger partial charge in [0.05, 0.1) is 10.6 Å². The van der Waals surface area contributed by atoms with Crippen LogP contribution in [0, 0.1) is 5.92 Å². The molecule has 0 aromatic carbocycles. The molecule has 1 fully saturated rings. The minimum absolute atomic E-state index is 0.00698.